The summed E-state index contributed by atoms with van der Waals surface area (Å²) in [4.78, 5) is 50.8. The van der Waals surface area contributed by atoms with Gasteiger partial charge >= 0.3 is 12.1 Å². The summed E-state index contributed by atoms with van der Waals surface area (Å²) < 4.78 is 11.8. The number of aromatic amines is 1. The molecule has 3 heterocycles. The van der Waals surface area contributed by atoms with Crippen LogP contribution in [-0.2, 0) is 16.0 Å². The van der Waals surface area contributed by atoms with E-state index in [-0.39, 0.29) is 29.6 Å². The largest absolute Gasteiger partial charge is 0.463 e. The highest BCUT2D eigenvalue weighted by atomic mass is 35.5. The van der Waals surface area contributed by atoms with Crippen molar-refractivity contribution in [3.05, 3.63) is 51.0 Å². The molecule has 0 bridgehead atoms. The number of carbonyl (C=O) groups is 2. The van der Waals surface area contributed by atoms with E-state index >= 15 is 0 Å². The number of imidazole rings is 1. The monoisotopic (exact) mass is 546 g/mol. The van der Waals surface area contributed by atoms with Gasteiger partial charge in [0, 0.05) is 24.2 Å². The van der Waals surface area contributed by atoms with Crippen LogP contribution < -0.4 is 15.8 Å². The van der Waals surface area contributed by atoms with Gasteiger partial charge in [-0.25, -0.2) is 14.6 Å². The van der Waals surface area contributed by atoms with Crippen molar-refractivity contribution in [3.63, 3.8) is 0 Å². The van der Waals surface area contributed by atoms with Gasteiger partial charge in [0.1, 0.15) is 5.60 Å². The Balaban J connectivity index is 0.00000195. The van der Waals surface area contributed by atoms with E-state index in [4.69, 9.17) is 21.1 Å². The highest BCUT2D eigenvalue weighted by molar-refractivity contribution is 6.31. The summed E-state index contributed by atoms with van der Waals surface area (Å²) in [6, 6.07) is 7.15. The fourth-order valence-corrected chi connectivity index (χ4v) is 4.36. The molecule has 4 rings (SSSR count). The second-order valence-electron chi connectivity index (χ2n) is 9.60. The molecule has 1 aliphatic heterocycles. The van der Waals surface area contributed by atoms with Gasteiger partial charge in [-0.1, -0.05) is 43.6 Å². The maximum absolute atomic E-state index is 13.1. The first-order chi connectivity index (χ1) is 18.1. The van der Waals surface area contributed by atoms with Crippen LogP contribution in [0.3, 0.4) is 0 Å². The van der Waals surface area contributed by atoms with E-state index in [1.165, 1.54) is 7.11 Å². The third kappa shape index (κ3) is 6.83. The summed E-state index contributed by atoms with van der Waals surface area (Å²) >= 11 is 6.42. The number of ether oxygens (including phenoxy) is 2. The zero-order valence-corrected chi connectivity index (χ0v) is 23.4. The standard InChI is InChI=1S/C24H29ClN6O5.C2H6/c1-24(2,3)36-23(34)26-15-9-7-11-30(13-15)22-29-18-17(20(32)28-19(27-18)21(33)35-4)31(22)12-14-8-5-6-10-16(14)25;1-2/h5-6,8,10,15H,7,9,11-13H2,1-4H3,(H,26,34)(H,27,28,32);1-2H3/t15-;/m1./s1. The number of nitrogens with one attached hydrogen (secondary N) is 2. The number of nitrogens with zero attached hydrogens (tertiary/aromatic N) is 4. The minimum absolute atomic E-state index is 0.114. The van der Waals surface area contributed by atoms with Crippen LogP contribution in [0.2, 0.25) is 5.02 Å². The summed E-state index contributed by atoms with van der Waals surface area (Å²) in [5.41, 5.74) is -0.0164. The molecule has 1 aliphatic rings. The number of hydrogen-bond donors (Lipinski definition) is 2. The number of H-pyrrole nitrogens is 1. The quantitative estimate of drug-likeness (QED) is 0.457. The van der Waals surface area contributed by atoms with Crippen molar-refractivity contribution < 1.29 is 19.1 Å². The van der Waals surface area contributed by atoms with Crippen LogP contribution >= 0.6 is 11.6 Å². The molecule has 2 aromatic heterocycles. The third-order valence-electron chi connectivity index (χ3n) is 5.68. The number of esters is 1. The van der Waals surface area contributed by atoms with Crippen molar-refractivity contribution in [1.29, 1.82) is 0 Å². The average Bonchev–Trinajstić information content (AvgIpc) is 3.24. The summed E-state index contributed by atoms with van der Waals surface area (Å²) in [5.74, 6) is -0.511. The van der Waals surface area contributed by atoms with Gasteiger partial charge in [-0.05, 0) is 45.2 Å². The van der Waals surface area contributed by atoms with E-state index in [2.05, 4.69) is 20.3 Å². The molecule has 0 unspecified atom stereocenters. The van der Waals surface area contributed by atoms with Gasteiger partial charge in [0.05, 0.1) is 13.7 Å². The SMILES string of the molecule is CC.COC(=O)c1nc2nc(N3CCC[C@@H](NC(=O)OC(C)(C)C)C3)n(Cc3ccccc3Cl)c2c(=O)[nH]1. The smallest absolute Gasteiger partial charge is 0.407 e. The number of aromatic nitrogens is 4. The number of amides is 1. The van der Waals surface area contributed by atoms with E-state index in [0.717, 1.165) is 18.4 Å². The molecule has 12 heteroatoms. The topological polar surface area (TPSA) is 131 Å². The molecule has 2 N–H and O–H groups in total. The number of alkyl carbamates (subject to hydrolysis) is 1. The van der Waals surface area contributed by atoms with Crippen molar-refractivity contribution in [2.75, 3.05) is 25.1 Å². The zero-order valence-electron chi connectivity index (χ0n) is 22.6. The van der Waals surface area contributed by atoms with E-state index in [0.29, 0.717) is 24.1 Å². The van der Waals surface area contributed by atoms with E-state index < -0.39 is 23.2 Å². The number of methoxy groups -OCH3 is 1. The van der Waals surface area contributed by atoms with Crippen LogP contribution in [0.1, 0.15) is 63.6 Å². The first kappa shape index (κ1) is 29.0. The summed E-state index contributed by atoms with van der Waals surface area (Å²) in [6.45, 7) is 10.8. The Morgan fingerprint density at radius 2 is 1.92 bits per heavy atom. The molecule has 3 aromatic rings. The molecule has 1 aromatic carbocycles. The number of anilines is 1. The molecular formula is C26H35ClN6O5. The molecular weight excluding hydrogens is 512 g/mol. The second kappa shape index (κ2) is 12.3. The predicted molar refractivity (Wildman–Crippen MR) is 146 cm³/mol. The van der Waals surface area contributed by atoms with Crippen molar-refractivity contribution in [2.24, 2.45) is 0 Å². The van der Waals surface area contributed by atoms with Gasteiger partial charge in [0.15, 0.2) is 11.2 Å². The summed E-state index contributed by atoms with van der Waals surface area (Å²) in [5, 5.41) is 3.47. The molecule has 11 nitrogen and oxygen atoms in total. The Morgan fingerprint density at radius 1 is 1.21 bits per heavy atom. The van der Waals surface area contributed by atoms with Gasteiger partial charge in [-0.2, -0.15) is 4.98 Å². The maximum Gasteiger partial charge on any atom is 0.407 e. The van der Waals surface area contributed by atoms with E-state index in [1.54, 1.807) is 10.6 Å². The molecule has 1 fully saturated rings. The number of carbonyl (C=O) groups excluding carboxylic acids is 2. The minimum Gasteiger partial charge on any atom is -0.463 e. The Labute approximate surface area is 226 Å². The van der Waals surface area contributed by atoms with Crippen molar-refractivity contribution in [1.82, 2.24) is 24.8 Å². The lowest BCUT2D eigenvalue weighted by atomic mass is 10.1. The predicted octanol–water partition coefficient (Wildman–Crippen LogP) is 4.13. The highest BCUT2D eigenvalue weighted by Crippen LogP contribution is 2.26. The first-order valence-electron chi connectivity index (χ1n) is 12.6. The summed E-state index contributed by atoms with van der Waals surface area (Å²) in [7, 11) is 1.21. The molecule has 1 atom stereocenters. The van der Waals surface area contributed by atoms with Gasteiger partial charge < -0.3 is 19.7 Å². The van der Waals surface area contributed by atoms with E-state index in [9.17, 15) is 14.4 Å². The molecule has 0 saturated carbocycles. The van der Waals surface area contributed by atoms with Crippen molar-refractivity contribution in [2.45, 2.75) is 65.6 Å². The van der Waals surface area contributed by atoms with E-state index in [1.807, 2.05) is 57.7 Å². The Kier molecular flexibility index (Phi) is 9.37. The van der Waals surface area contributed by atoms with Crippen LogP contribution in [0.4, 0.5) is 10.7 Å². The maximum atomic E-state index is 13.1. The highest BCUT2D eigenvalue weighted by Gasteiger charge is 2.29. The molecule has 38 heavy (non-hydrogen) atoms. The average molecular weight is 547 g/mol. The van der Waals surface area contributed by atoms with Gasteiger partial charge in [0.25, 0.3) is 5.56 Å². The fraction of sp³-hybridized carbons (Fsp3) is 0.500. The van der Waals surface area contributed by atoms with Gasteiger partial charge in [0.2, 0.25) is 11.8 Å². The molecule has 0 aliphatic carbocycles. The first-order valence-corrected chi connectivity index (χ1v) is 13.0. The Bertz CT molecular complexity index is 1350. The molecule has 1 saturated heterocycles. The van der Waals surface area contributed by atoms with Crippen LogP contribution in [-0.4, -0.2) is 63.4 Å². The number of fused-ring (bicyclic) bond motifs is 1. The van der Waals surface area contributed by atoms with Crippen LogP contribution in [0.15, 0.2) is 29.1 Å². The molecule has 206 valence electrons. The zero-order chi connectivity index (χ0) is 28.0. The number of rotatable bonds is 5. The van der Waals surface area contributed by atoms with Crippen LogP contribution in [0, 0.1) is 0 Å². The van der Waals surface area contributed by atoms with Crippen molar-refractivity contribution >= 4 is 40.8 Å². The lowest BCUT2D eigenvalue weighted by Gasteiger charge is -2.34. The van der Waals surface area contributed by atoms with Crippen LogP contribution in [0.5, 0.6) is 0 Å². The molecule has 0 spiro atoms. The Morgan fingerprint density at radius 3 is 2.58 bits per heavy atom. The number of benzene rings is 1. The number of hydrogen-bond acceptors (Lipinski definition) is 8. The van der Waals surface area contributed by atoms with Gasteiger partial charge in [-0.15, -0.1) is 0 Å². The number of piperidine rings is 1. The minimum atomic E-state index is -0.768. The fourth-order valence-electron chi connectivity index (χ4n) is 4.16. The molecule has 0 radical (unpaired) electrons. The Hall–Kier alpha value is -3.60. The number of halogens is 1. The third-order valence-corrected chi connectivity index (χ3v) is 6.05. The summed E-state index contributed by atoms with van der Waals surface area (Å²) in [6.07, 6.45) is 1.07. The lowest BCUT2D eigenvalue weighted by Crippen LogP contribution is -2.49. The lowest BCUT2D eigenvalue weighted by molar-refractivity contribution is 0.0498. The normalized spacial score (nSPS) is 15.4. The second-order valence-corrected chi connectivity index (χ2v) is 10.0. The van der Waals surface area contributed by atoms with Gasteiger partial charge in [-0.3, -0.25) is 14.3 Å². The molecule has 1 amide bonds. The van der Waals surface area contributed by atoms with Crippen molar-refractivity contribution in [3.8, 4) is 0 Å². The van der Waals surface area contributed by atoms with Crippen LogP contribution in [0.25, 0.3) is 11.2 Å².